The molecule has 9 heteroatoms. The highest BCUT2D eigenvalue weighted by Crippen LogP contribution is 2.59. The molecular weight excluding hydrogens is 542 g/mol. The number of benzene rings is 3. The molecule has 0 N–H and O–H groups in total. The Kier molecular flexibility index (Phi) is 6.03. The monoisotopic (exact) mass is 569 g/mol. The number of amides is 3. The molecule has 1 aliphatic carbocycles. The smallest absolute Gasteiger partial charge is 0.410 e. The molecule has 3 aliphatic heterocycles. The van der Waals surface area contributed by atoms with Crippen molar-refractivity contribution in [3.05, 3.63) is 100 Å². The van der Waals surface area contributed by atoms with E-state index in [2.05, 4.69) is 0 Å². The molecule has 3 amide bonds. The Bertz CT molecular complexity index is 1600. The zero-order valence-corrected chi connectivity index (χ0v) is 23.2. The van der Waals surface area contributed by atoms with Gasteiger partial charge >= 0.3 is 6.09 Å². The van der Waals surface area contributed by atoms with Gasteiger partial charge in [-0.05, 0) is 47.4 Å². The van der Waals surface area contributed by atoms with E-state index in [1.807, 2.05) is 54.3 Å². The molecule has 7 rings (SSSR count). The van der Waals surface area contributed by atoms with Gasteiger partial charge in [0.2, 0.25) is 11.8 Å². The number of halogens is 1. The second kappa shape index (κ2) is 9.53. The molecule has 3 saturated heterocycles. The van der Waals surface area contributed by atoms with Gasteiger partial charge in [-0.1, -0.05) is 66.2 Å². The normalized spacial score (nSPS) is 26.9. The molecule has 0 unspecified atom stereocenters. The third-order valence-electron chi connectivity index (χ3n) is 9.27. The highest BCUT2D eigenvalue weighted by molar-refractivity contribution is 6.31. The SMILES string of the molecule is Cc1c(Cl)ccc2c1CC(=O)[C@@]21[C@H]2C(=O)N(c3ccccc3)C(=O)[C@H]2[C@H]2CN(C(=O)OCc3ccccc3)CCN21. The van der Waals surface area contributed by atoms with Crippen LogP contribution in [0.3, 0.4) is 0 Å². The minimum atomic E-state index is -1.30. The molecule has 0 saturated carbocycles. The molecule has 0 aromatic heterocycles. The van der Waals surface area contributed by atoms with Crippen LogP contribution in [0.2, 0.25) is 5.02 Å². The maximum absolute atomic E-state index is 14.3. The highest BCUT2D eigenvalue weighted by Gasteiger charge is 2.74. The van der Waals surface area contributed by atoms with Crippen LogP contribution in [0.4, 0.5) is 10.5 Å². The Balaban J connectivity index is 1.29. The number of ether oxygens (including phenoxy) is 1. The Hall–Kier alpha value is -4.01. The van der Waals surface area contributed by atoms with Crippen molar-refractivity contribution in [2.24, 2.45) is 11.8 Å². The molecular formula is C32H28ClN3O5. The predicted octanol–water partition coefficient (Wildman–Crippen LogP) is 4.11. The number of carbonyl (C=O) groups is 4. The molecule has 3 fully saturated rings. The number of hydrogen-bond donors (Lipinski definition) is 0. The van der Waals surface area contributed by atoms with E-state index in [0.29, 0.717) is 23.8 Å². The third-order valence-corrected chi connectivity index (χ3v) is 9.68. The maximum atomic E-state index is 14.3. The summed E-state index contributed by atoms with van der Waals surface area (Å²) in [4.78, 5) is 60.7. The van der Waals surface area contributed by atoms with Crippen LogP contribution >= 0.6 is 11.6 Å². The first kappa shape index (κ1) is 25.9. The van der Waals surface area contributed by atoms with E-state index in [0.717, 1.165) is 22.3 Å². The fourth-order valence-electron chi connectivity index (χ4n) is 7.47. The van der Waals surface area contributed by atoms with E-state index in [9.17, 15) is 19.2 Å². The van der Waals surface area contributed by atoms with Crippen molar-refractivity contribution in [1.82, 2.24) is 9.80 Å². The van der Waals surface area contributed by atoms with Crippen molar-refractivity contribution in [2.75, 3.05) is 24.5 Å². The van der Waals surface area contributed by atoms with Gasteiger partial charge in [-0.2, -0.15) is 0 Å². The Labute approximate surface area is 242 Å². The van der Waals surface area contributed by atoms with Crippen LogP contribution in [0.25, 0.3) is 0 Å². The van der Waals surface area contributed by atoms with E-state index < -0.39 is 29.5 Å². The second-order valence-corrected chi connectivity index (χ2v) is 11.6. The fraction of sp³-hybridized carbons (Fsp3) is 0.312. The third kappa shape index (κ3) is 3.63. The van der Waals surface area contributed by atoms with E-state index in [4.69, 9.17) is 16.3 Å². The molecule has 0 bridgehead atoms. The van der Waals surface area contributed by atoms with E-state index in [1.54, 1.807) is 35.2 Å². The summed E-state index contributed by atoms with van der Waals surface area (Å²) >= 11 is 6.45. The summed E-state index contributed by atoms with van der Waals surface area (Å²) in [5.41, 5.74) is 2.44. The molecule has 1 spiro atoms. The average molecular weight is 570 g/mol. The number of rotatable bonds is 3. The molecule has 0 radical (unpaired) electrons. The standard InChI is InChI=1S/C32H28ClN3O5/c1-19-22-16-26(37)32(23(22)12-13-24(19)33)28-27(29(38)36(30(28)39)21-10-6-3-7-11-21)25-17-34(14-15-35(25)32)31(40)41-18-20-8-4-2-5-9-20/h2-13,25,27-28H,14-18H2,1H3/t25-,27+,28-,32-/m1/s1. The molecule has 208 valence electrons. The molecule has 41 heavy (non-hydrogen) atoms. The van der Waals surface area contributed by atoms with Gasteiger partial charge in [0.15, 0.2) is 5.78 Å². The largest absolute Gasteiger partial charge is 0.445 e. The van der Waals surface area contributed by atoms with Crippen molar-refractivity contribution >= 4 is 41.0 Å². The van der Waals surface area contributed by atoms with Crippen LogP contribution in [0.15, 0.2) is 72.8 Å². The lowest BCUT2D eigenvalue weighted by atomic mass is 9.75. The lowest BCUT2D eigenvalue weighted by molar-refractivity contribution is -0.138. The lowest BCUT2D eigenvalue weighted by Gasteiger charge is -2.45. The number of piperazine rings is 1. The van der Waals surface area contributed by atoms with Crippen molar-refractivity contribution in [3.63, 3.8) is 0 Å². The number of Topliss-reactive ketones (excluding diaryl/α,β-unsaturated/α-hetero) is 1. The van der Waals surface area contributed by atoms with E-state index in [-0.39, 0.29) is 37.2 Å². The first-order valence-corrected chi connectivity index (χ1v) is 14.2. The Morgan fingerprint density at radius 2 is 1.66 bits per heavy atom. The van der Waals surface area contributed by atoms with Gasteiger partial charge in [-0.15, -0.1) is 0 Å². The number of anilines is 1. The van der Waals surface area contributed by atoms with Crippen LogP contribution in [0.5, 0.6) is 0 Å². The number of hydrogen-bond acceptors (Lipinski definition) is 6. The van der Waals surface area contributed by atoms with E-state index >= 15 is 0 Å². The maximum Gasteiger partial charge on any atom is 0.410 e. The van der Waals surface area contributed by atoms with Crippen molar-refractivity contribution in [1.29, 1.82) is 0 Å². The van der Waals surface area contributed by atoms with Crippen LogP contribution in [0.1, 0.15) is 22.3 Å². The number of carbonyl (C=O) groups excluding carboxylic acids is 4. The topological polar surface area (TPSA) is 87.2 Å². The molecule has 3 heterocycles. The van der Waals surface area contributed by atoms with Gasteiger partial charge < -0.3 is 9.64 Å². The quantitative estimate of drug-likeness (QED) is 0.441. The van der Waals surface area contributed by atoms with Crippen LogP contribution in [-0.4, -0.2) is 59.2 Å². The van der Waals surface area contributed by atoms with Crippen LogP contribution < -0.4 is 4.90 Å². The number of fused-ring (bicyclic) bond motifs is 7. The van der Waals surface area contributed by atoms with Crippen molar-refractivity contribution < 1.29 is 23.9 Å². The summed E-state index contributed by atoms with van der Waals surface area (Å²) in [5.74, 6) is -2.53. The predicted molar refractivity (Wildman–Crippen MR) is 151 cm³/mol. The lowest BCUT2D eigenvalue weighted by Crippen LogP contribution is -2.62. The van der Waals surface area contributed by atoms with Crippen molar-refractivity contribution in [2.45, 2.75) is 31.5 Å². The number of ketones is 1. The summed E-state index contributed by atoms with van der Waals surface area (Å²) in [6.07, 6.45) is -0.340. The molecule has 4 aliphatic rings. The van der Waals surface area contributed by atoms with Crippen molar-refractivity contribution in [3.8, 4) is 0 Å². The summed E-state index contributed by atoms with van der Waals surface area (Å²) < 4.78 is 5.61. The summed E-state index contributed by atoms with van der Waals surface area (Å²) in [6.45, 7) is 2.83. The molecule has 8 nitrogen and oxygen atoms in total. The highest BCUT2D eigenvalue weighted by atomic mass is 35.5. The summed E-state index contributed by atoms with van der Waals surface area (Å²) in [6, 6.07) is 21.3. The Morgan fingerprint density at radius 1 is 0.951 bits per heavy atom. The summed E-state index contributed by atoms with van der Waals surface area (Å²) in [7, 11) is 0. The van der Waals surface area contributed by atoms with Crippen LogP contribution in [0, 0.1) is 18.8 Å². The van der Waals surface area contributed by atoms with Gasteiger partial charge in [-0.3, -0.25) is 19.3 Å². The van der Waals surface area contributed by atoms with Gasteiger partial charge in [0.1, 0.15) is 12.1 Å². The van der Waals surface area contributed by atoms with Gasteiger partial charge in [0.05, 0.1) is 17.5 Å². The Morgan fingerprint density at radius 3 is 2.39 bits per heavy atom. The zero-order chi connectivity index (χ0) is 28.5. The molecule has 4 atom stereocenters. The van der Waals surface area contributed by atoms with Gasteiger partial charge in [-0.25, -0.2) is 9.69 Å². The fourth-order valence-corrected chi connectivity index (χ4v) is 7.65. The minimum Gasteiger partial charge on any atom is -0.445 e. The summed E-state index contributed by atoms with van der Waals surface area (Å²) in [5, 5.41) is 0.561. The van der Waals surface area contributed by atoms with Gasteiger partial charge in [0, 0.05) is 37.1 Å². The minimum absolute atomic E-state index is 0.105. The molecule has 3 aromatic carbocycles. The van der Waals surface area contributed by atoms with E-state index in [1.165, 1.54) is 4.90 Å². The van der Waals surface area contributed by atoms with Crippen LogP contribution in [-0.2, 0) is 37.7 Å². The number of imide groups is 1. The van der Waals surface area contributed by atoms with Gasteiger partial charge in [0.25, 0.3) is 0 Å². The zero-order valence-electron chi connectivity index (χ0n) is 22.5. The molecule has 3 aromatic rings. The number of para-hydroxylation sites is 1. The second-order valence-electron chi connectivity index (χ2n) is 11.2. The average Bonchev–Trinajstić information content (AvgIpc) is 3.56. The first-order valence-electron chi connectivity index (χ1n) is 13.8. The number of nitrogens with zero attached hydrogens (tertiary/aromatic N) is 3. The first-order chi connectivity index (χ1) is 19.8.